The molecule has 3 fully saturated rings. The van der Waals surface area contributed by atoms with Gasteiger partial charge in [0.15, 0.2) is 11.4 Å². The molecule has 0 aromatic heterocycles. The summed E-state index contributed by atoms with van der Waals surface area (Å²) in [7, 11) is 0. The van der Waals surface area contributed by atoms with E-state index in [1.165, 1.54) is 12.1 Å². The molecule has 3 aliphatic heterocycles. The molecular formula is C20H27FN2O4. The van der Waals surface area contributed by atoms with Crippen LogP contribution in [-0.2, 0) is 20.8 Å². The second-order valence-corrected chi connectivity index (χ2v) is 7.87. The molecule has 0 aliphatic carbocycles. The SMILES string of the molecule is O=C1N(Cc2ccc(F)cc2)CCC[C@@]1(O)CN1CCC2(CC1)OCCO2. The number of nitrogens with zero attached hydrogens (tertiary/aromatic N) is 2. The summed E-state index contributed by atoms with van der Waals surface area (Å²) in [4.78, 5) is 16.8. The van der Waals surface area contributed by atoms with Crippen LogP contribution in [0.15, 0.2) is 24.3 Å². The Kier molecular flexibility index (Phi) is 5.20. The Morgan fingerprint density at radius 2 is 1.70 bits per heavy atom. The molecule has 6 nitrogen and oxygen atoms in total. The van der Waals surface area contributed by atoms with Crippen LogP contribution in [0.2, 0.25) is 0 Å². The van der Waals surface area contributed by atoms with Crippen molar-refractivity contribution in [1.82, 2.24) is 9.80 Å². The molecule has 0 unspecified atom stereocenters. The first kappa shape index (κ1) is 18.8. The Morgan fingerprint density at radius 1 is 1.04 bits per heavy atom. The molecule has 1 spiro atoms. The highest BCUT2D eigenvalue weighted by Crippen LogP contribution is 2.33. The number of likely N-dealkylation sites (tertiary alicyclic amines) is 2. The highest BCUT2D eigenvalue weighted by molar-refractivity contribution is 5.86. The van der Waals surface area contributed by atoms with Gasteiger partial charge in [-0.15, -0.1) is 0 Å². The van der Waals surface area contributed by atoms with E-state index in [2.05, 4.69) is 4.90 Å². The maximum atomic E-state index is 13.1. The van der Waals surface area contributed by atoms with Gasteiger partial charge in [-0.1, -0.05) is 12.1 Å². The molecule has 4 rings (SSSR count). The van der Waals surface area contributed by atoms with Crippen LogP contribution in [0.25, 0.3) is 0 Å². The second kappa shape index (κ2) is 7.47. The number of ether oxygens (including phenoxy) is 2. The summed E-state index contributed by atoms with van der Waals surface area (Å²) in [5.41, 5.74) is -0.496. The monoisotopic (exact) mass is 378 g/mol. The molecule has 3 saturated heterocycles. The molecule has 1 aromatic carbocycles. The van der Waals surface area contributed by atoms with Gasteiger partial charge in [-0.2, -0.15) is 0 Å². The molecule has 3 heterocycles. The minimum absolute atomic E-state index is 0.230. The van der Waals surface area contributed by atoms with Gasteiger partial charge < -0.3 is 19.5 Å². The number of hydrogen-bond donors (Lipinski definition) is 1. The number of halogens is 1. The van der Waals surface area contributed by atoms with Crippen molar-refractivity contribution in [3.63, 3.8) is 0 Å². The van der Waals surface area contributed by atoms with E-state index < -0.39 is 11.4 Å². The Bertz CT molecular complexity index is 667. The van der Waals surface area contributed by atoms with Gasteiger partial charge in [0.25, 0.3) is 5.91 Å². The number of β-amino-alcohol motifs (C(OH)–C–C–N with tert-alkyl or cyclic N) is 1. The van der Waals surface area contributed by atoms with Crippen LogP contribution in [0.5, 0.6) is 0 Å². The van der Waals surface area contributed by atoms with E-state index in [1.54, 1.807) is 17.0 Å². The van der Waals surface area contributed by atoms with Gasteiger partial charge in [-0.25, -0.2) is 4.39 Å². The minimum Gasteiger partial charge on any atom is -0.379 e. The molecule has 1 atom stereocenters. The largest absolute Gasteiger partial charge is 0.379 e. The van der Waals surface area contributed by atoms with Crippen LogP contribution in [0, 0.1) is 5.82 Å². The third-order valence-corrected chi connectivity index (χ3v) is 5.91. The molecule has 0 bridgehead atoms. The van der Waals surface area contributed by atoms with Crippen LogP contribution in [0.1, 0.15) is 31.2 Å². The number of carbonyl (C=O) groups is 1. The third kappa shape index (κ3) is 4.01. The van der Waals surface area contributed by atoms with Crippen LogP contribution < -0.4 is 0 Å². The van der Waals surface area contributed by atoms with Gasteiger partial charge in [-0.05, 0) is 30.5 Å². The lowest BCUT2D eigenvalue weighted by Crippen LogP contribution is -2.59. The van der Waals surface area contributed by atoms with Gasteiger partial charge >= 0.3 is 0 Å². The molecule has 1 N–H and O–H groups in total. The van der Waals surface area contributed by atoms with Gasteiger partial charge in [0.1, 0.15) is 5.82 Å². The molecule has 1 aromatic rings. The Morgan fingerprint density at radius 3 is 2.37 bits per heavy atom. The maximum Gasteiger partial charge on any atom is 0.256 e. The average molecular weight is 378 g/mol. The molecule has 0 saturated carbocycles. The Hall–Kier alpha value is -1.54. The van der Waals surface area contributed by atoms with E-state index in [1.807, 2.05) is 0 Å². The van der Waals surface area contributed by atoms with E-state index in [9.17, 15) is 14.3 Å². The standard InChI is InChI=1S/C20H27FN2O4/c21-17-4-2-16(3-5-17)14-23-9-1-6-19(25,18(23)24)15-22-10-7-20(8-11-22)26-12-13-27-20/h2-5,25H,1,6-15H2/t19-/m1/s1. The fourth-order valence-corrected chi connectivity index (χ4v) is 4.38. The second-order valence-electron chi connectivity index (χ2n) is 7.87. The number of rotatable bonds is 4. The first-order valence-electron chi connectivity index (χ1n) is 9.75. The predicted octanol–water partition coefficient (Wildman–Crippen LogP) is 1.52. The summed E-state index contributed by atoms with van der Waals surface area (Å²) in [6.45, 7) is 4.11. The molecule has 3 aliphatic rings. The zero-order valence-corrected chi connectivity index (χ0v) is 15.5. The highest BCUT2D eigenvalue weighted by atomic mass is 19.1. The van der Waals surface area contributed by atoms with Crippen LogP contribution in [0.4, 0.5) is 4.39 Å². The van der Waals surface area contributed by atoms with Gasteiger partial charge in [0.05, 0.1) is 13.2 Å². The summed E-state index contributed by atoms with van der Waals surface area (Å²) in [5.74, 6) is -0.977. The van der Waals surface area contributed by atoms with E-state index in [0.717, 1.165) is 37.9 Å². The lowest BCUT2D eigenvalue weighted by atomic mass is 9.89. The summed E-state index contributed by atoms with van der Waals surface area (Å²) in [6.07, 6.45) is 2.75. The van der Waals surface area contributed by atoms with E-state index in [0.29, 0.717) is 39.3 Å². The predicted molar refractivity (Wildman–Crippen MR) is 96.3 cm³/mol. The molecule has 1 amide bonds. The number of piperidine rings is 2. The first-order chi connectivity index (χ1) is 13.0. The summed E-state index contributed by atoms with van der Waals surface area (Å²) >= 11 is 0. The lowest BCUT2D eigenvalue weighted by molar-refractivity contribution is -0.190. The number of amides is 1. The van der Waals surface area contributed by atoms with Crippen LogP contribution >= 0.6 is 0 Å². The van der Waals surface area contributed by atoms with Gasteiger partial charge in [-0.3, -0.25) is 9.69 Å². The van der Waals surface area contributed by atoms with Crippen molar-refractivity contribution in [1.29, 1.82) is 0 Å². The van der Waals surface area contributed by atoms with E-state index >= 15 is 0 Å². The summed E-state index contributed by atoms with van der Waals surface area (Å²) < 4.78 is 24.6. The lowest BCUT2D eigenvalue weighted by Gasteiger charge is -2.43. The molecule has 27 heavy (non-hydrogen) atoms. The molecule has 7 heteroatoms. The van der Waals surface area contributed by atoms with Crippen molar-refractivity contribution < 1.29 is 23.8 Å². The van der Waals surface area contributed by atoms with Crippen molar-refractivity contribution in [3.05, 3.63) is 35.6 Å². The van der Waals surface area contributed by atoms with Crippen molar-refractivity contribution in [3.8, 4) is 0 Å². The fourth-order valence-electron chi connectivity index (χ4n) is 4.38. The van der Waals surface area contributed by atoms with Crippen molar-refractivity contribution in [2.45, 2.75) is 43.6 Å². The van der Waals surface area contributed by atoms with Crippen LogP contribution in [-0.4, -0.2) is 71.6 Å². The van der Waals surface area contributed by atoms with Crippen LogP contribution in [0.3, 0.4) is 0 Å². The number of benzene rings is 1. The Labute approximate surface area is 158 Å². The fraction of sp³-hybridized carbons (Fsp3) is 0.650. The van der Waals surface area contributed by atoms with Crippen molar-refractivity contribution in [2.24, 2.45) is 0 Å². The van der Waals surface area contributed by atoms with Crippen molar-refractivity contribution in [2.75, 3.05) is 39.4 Å². The minimum atomic E-state index is -1.36. The zero-order chi connectivity index (χ0) is 18.9. The summed E-state index contributed by atoms with van der Waals surface area (Å²) in [5, 5.41) is 11.1. The number of hydrogen-bond acceptors (Lipinski definition) is 5. The van der Waals surface area contributed by atoms with Gasteiger partial charge in [0.2, 0.25) is 0 Å². The molecule has 0 radical (unpaired) electrons. The first-order valence-corrected chi connectivity index (χ1v) is 9.75. The third-order valence-electron chi connectivity index (χ3n) is 5.91. The normalized spacial score (nSPS) is 28.8. The Balaban J connectivity index is 1.36. The van der Waals surface area contributed by atoms with Gasteiger partial charge in [0, 0.05) is 45.6 Å². The molecular weight excluding hydrogens is 351 g/mol. The smallest absolute Gasteiger partial charge is 0.256 e. The topological polar surface area (TPSA) is 62.2 Å². The number of carbonyl (C=O) groups excluding carboxylic acids is 1. The quantitative estimate of drug-likeness (QED) is 0.861. The van der Waals surface area contributed by atoms with E-state index in [4.69, 9.17) is 9.47 Å². The molecule has 148 valence electrons. The average Bonchev–Trinajstić information content (AvgIpc) is 3.11. The zero-order valence-electron chi connectivity index (χ0n) is 15.5. The summed E-state index contributed by atoms with van der Waals surface area (Å²) in [6, 6.07) is 6.16. The van der Waals surface area contributed by atoms with E-state index in [-0.39, 0.29) is 11.7 Å². The van der Waals surface area contributed by atoms with Crippen molar-refractivity contribution >= 4 is 5.91 Å². The highest BCUT2D eigenvalue weighted by Gasteiger charge is 2.46. The number of aliphatic hydroxyl groups is 1. The maximum absolute atomic E-state index is 13.1.